The Labute approximate surface area is 95.7 Å². The summed E-state index contributed by atoms with van der Waals surface area (Å²) in [5, 5.41) is 6.54. The Hall–Kier alpha value is -1.84. The Morgan fingerprint density at radius 1 is 1.38 bits per heavy atom. The van der Waals surface area contributed by atoms with Crippen molar-refractivity contribution in [3.05, 3.63) is 35.9 Å². The number of urea groups is 1. The van der Waals surface area contributed by atoms with Crippen LogP contribution in [0.1, 0.15) is 25.3 Å². The summed E-state index contributed by atoms with van der Waals surface area (Å²) in [6.07, 6.45) is 3.66. The van der Waals surface area contributed by atoms with E-state index in [2.05, 4.69) is 22.8 Å². The van der Waals surface area contributed by atoms with Gasteiger partial charge in [-0.05, 0) is 12.0 Å². The van der Waals surface area contributed by atoms with Crippen molar-refractivity contribution in [2.75, 3.05) is 6.54 Å². The molecule has 4 heteroatoms. The Morgan fingerprint density at radius 2 is 2.12 bits per heavy atom. The second-order valence-corrected chi connectivity index (χ2v) is 3.39. The molecule has 0 aliphatic rings. The Balaban J connectivity index is 2.24. The van der Waals surface area contributed by atoms with E-state index in [4.69, 9.17) is 0 Å². The number of rotatable bonds is 5. The molecule has 2 amide bonds. The van der Waals surface area contributed by atoms with Gasteiger partial charge >= 0.3 is 6.03 Å². The molecule has 0 spiro atoms. The first-order chi connectivity index (χ1) is 7.83. The van der Waals surface area contributed by atoms with Gasteiger partial charge in [0, 0.05) is 6.54 Å². The first-order valence-corrected chi connectivity index (χ1v) is 5.45. The minimum absolute atomic E-state index is 0.263. The number of hydrogen-bond acceptors (Lipinski definition) is 2. The summed E-state index contributed by atoms with van der Waals surface area (Å²) in [6.45, 7) is 2.76. The number of benzene rings is 1. The van der Waals surface area contributed by atoms with E-state index in [0.29, 0.717) is 6.54 Å². The van der Waals surface area contributed by atoms with Crippen LogP contribution in [0.15, 0.2) is 35.4 Å². The Kier molecular flexibility index (Phi) is 5.70. The molecular weight excluding hydrogens is 202 g/mol. The minimum atomic E-state index is -0.263. The fraction of sp³-hybridized carbons (Fsp3) is 0.333. The van der Waals surface area contributed by atoms with Gasteiger partial charge in [0.1, 0.15) is 0 Å². The number of nitrogens with zero attached hydrogens (tertiary/aromatic N) is 1. The Morgan fingerprint density at radius 3 is 2.81 bits per heavy atom. The highest BCUT2D eigenvalue weighted by Crippen LogP contribution is 1.92. The van der Waals surface area contributed by atoms with Crippen LogP contribution in [-0.4, -0.2) is 18.8 Å². The number of nitrogens with one attached hydrogen (secondary N) is 2. The highest BCUT2D eigenvalue weighted by atomic mass is 16.2. The van der Waals surface area contributed by atoms with Crippen molar-refractivity contribution in [3.63, 3.8) is 0 Å². The van der Waals surface area contributed by atoms with Crippen molar-refractivity contribution in [3.8, 4) is 0 Å². The van der Waals surface area contributed by atoms with E-state index in [0.717, 1.165) is 18.4 Å². The molecular formula is C12H17N3O. The number of amides is 2. The second-order valence-electron chi connectivity index (χ2n) is 3.39. The normalized spacial score (nSPS) is 10.3. The lowest BCUT2D eigenvalue weighted by Gasteiger charge is -2.01. The minimum Gasteiger partial charge on any atom is -0.337 e. The summed E-state index contributed by atoms with van der Waals surface area (Å²) in [5.41, 5.74) is 3.36. The fourth-order valence-electron chi connectivity index (χ4n) is 1.12. The number of carbonyl (C=O) groups is 1. The number of unbranched alkanes of at least 4 members (excludes halogenated alkanes) is 1. The average Bonchev–Trinajstić information content (AvgIpc) is 2.31. The molecule has 86 valence electrons. The van der Waals surface area contributed by atoms with E-state index in [1.54, 1.807) is 6.21 Å². The van der Waals surface area contributed by atoms with Crippen molar-refractivity contribution >= 4 is 12.2 Å². The van der Waals surface area contributed by atoms with E-state index < -0.39 is 0 Å². The predicted octanol–water partition coefficient (Wildman–Crippen LogP) is 2.12. The van der Waals surface area contributed by atoms with Gasteiger partial charge in [-0.1, -0.05) is 43.7 Å². The molecule has 0 radical (unpaired) electrons. The van der Waals surface area contributed by atoms with Crippen LogP contribution in [0.4, 0.5) is 4.79 Å². The summed E-state index contributed by atoms with van der Waals surface area (Å²) >= 11 is 0. The summed E-state index contributed by atoms with van der Waals surface area (Å²) in [4.78, 5) is 11.2. The predicted molar refractivity (Wildman–Crippen MR) is 65.5 cm³/mol. The quantitative estimate of drug-likeness (QED) is 0.445. The van der Waals surface area contributed by atoms with Crippen LogP contribution in [0.25, 0.3) is 0 Å². The van der Waals surface area contributed by atoms with Crippen LogP contribution in [-0.2, 0) is 0 Å². The SMILES string of the molecule is CCCCNC(=O)N/N=C\c1ccccc1. The molecule has 0 aliphatic carbocycles. The third kappa shape index (κ3) is 5.14. The average molecular weight is 219 g/mol. The van der Waals surface area contributed by atoms with Gasteiger partial charge in [0.25, 0.3) is 0 Å². The molecule has 0 heterocycles. The van der Waals surface area contributed by atoms with Gasteiger partial charge in [-0.25, -0.2) is 10.2 Å². The first-order valence-electron chi connectivity index (χ1n) is 5.45. The first kappa shape index (κ1) is 12.2. The lowest BCUT2D eigenvalue weighted by molar-refractivity contribution is 0.241. The van der Waals surface area contributed by atoms with Crippen LogP contribution < -0.4 is 10.7 Å². The van der Waals surface area contributed by atoms with E-state index in [1.165, 1.54) is 0 Å². The second kappa shape index (κ2) is 7.45. The van der Waals surface area contributed by atoms with Crippen LogP contribution in [0.3, 0.4) is 0 Å². The third-order valence-electron chi connectivity index (χ3n) is 2.00. The third-order valence-corrected chi connectivity index (χ3v) is 2.00. The fourth-order valence-corrected chi connectivity index (χ4v) is 1.12. The monoisotopic (exact) mass is 219 g/mol. The molecule has 4 nitrogen and oxygen atoms in total. The molecule has 0 bridgehead atoms. The standard InChI is InChI=1S/C12H17N3O/c1-2-3-9-13-12(16)15-14-10-11-7-5-4-6-8-11/h4-8,10H,2-3,9H2,1H3,(H2,13,15,16)/b14-10-. The van der Waals surface area contributed by atoms with Gasteiger partial charge < -0.3 is 5.32 Å². The van der Waals surface area contributed by atoms with Gasteiger partial charge in [0.05, 0.1) is 6.21 Å². The largest absolute Gasteiger partial charge is 0.337 e. The molecule has 1 aromatic carbocycles. The van der Waals surface area contributed by atoms with Crippen LogP contribution in [0.2, 0.25) is 0 Å². The van der Waals surface area contributed by atoms with Crippen LogP contribution in [0, 0.1) is 0 Å². The van der Waals surface area contributed by atoms with Crippen molar-refractivity contribution in [2.24, 2.45) is 5.10 Å². The van der Waals surface area contributed by atoms with E-state index in [1.807, 2.05) is 30.3 Å². The molecule has 0 fully saturated rings. The topological polar surface area (TPSA) is 53.5 Å². The molecule has 0 saturated carbocycles. The molecule has 1 rings (SSSR count). The van der Waals surface area contributed by atoms with Gasteiger partial charge in [0.15, 0.2) is 0 Å². The van der Waals surface area contributed by atoms with Crippen LogP contribution >= 0.6 is 0 Å². The van der Waals surface area contributed by atoms with Gasteiger partial charge in [0.2, 0.25) is 0 Å². The van der Waals surface area contributed by atoms with Gasteiger partial charge in [-0.2, -0.15) is 5.10 Å². The number of hydrogen-bond donors (Lipinski definition) is 2. The van der Waals surface area contributed by atoms with E-state index in [9.17, 15) is 4.79 Å². The van der Waals surface area contributed by atoms with Crippen molar-refractivity contribution in [2.45, 2.75) is 19.8 Å². The van der Waals surface area contributed by atoms with Gasteiger partial charge in [-0.3, -0.25) is 0 Å². The summed E-state index contributed by atoms with van der Waals surface area (Å²) in [7, 11) is 0. The summed E-state index contributed by atoms with van der Waals surface area (Å²) in [6, 6.07) is 9.34. The molecule has 0 unspecified atom stereocenters. The van der Waals surface area contributed by atoms with Crippen LogP contribution in [0.5, 0.6) is 0 Å². The highest BCUT2D eigenvalue weighted by Gasteiger charge is 1.94. The molecule has 16 heavy (non-hydrogen) atoms. The molecule has 0 saturated heterocycles. The molecule has 1 aromatic rings. The van der Waals surface area contributed by atoms with Crippen molar-refractivity contribution in [1.82, 2.24) is 10.7 Å². The molecule has 0 aromatic heterocycles. The molecule has 2 N–H and O–H groups in total. The summed E-state index contributed by atoms with van der Waals surface area (Å²) < 4.78 is 0. The maximum Gasteiger partial charge on any atom is 0.335 e. The van der Waals surface area contributed by atoms with Gasteiger partial charge in [-0.15, -0.1) is 0 Å². The lowest BCUT2D eigenvalue weighted by Crippen LogP contribution is -2.32. The zero-order valence-corrected chi connectivity index (χ0v) is 9.44. The van der Waals surface area contributed by atoms with Crippen molar-refractivity contribution < 1.29 is 4.79 Å². The zero-order valence-electron chi connectivity index (χ0n) is 9.44. The molecule has 0 atom stereocenters. The van der Waals surface area contributed by atoms with Crippen molar-refractivity contribution in [1.29, 1.82) is 0 Å². The highest BCUT2D eigenvalue weighted by molar-refractivity contribution is 5.81. The number of hydrazone groups is 1. The Bertz CT molecular complexity index is 335. The smallest absolute Gasteiger partial charge is 0.335 e. The van der Waals surface area contributed by atoms with E-state index >= 15 is 0 Å². The maximum absolute atomic E-state index is 11.2. The number of carbonyl (C=O) groups excluding carboxylic acids is 1. The maximum atomic E-state index is 11.2. The lowest BCUT2D eigenvalue weighted by atomic mass is 10.2. The zero-order chi connectivity index (χ0) is 11.6. The molecule has 0 aliphatic heterocycles. The summed E-state index contributed by atoms with van der Waals surface area (Å²) in [5.74, 6) is 0. The van der Waals surface area contributed by atoms with E-state index in [-0.39, 0.29) is 6.03 Å².